The van der Waals surface area contributed by atoms with Crippen molar-refractivity contribution in [2.75, 3.05) is 6.54 Å². The minimum atomic E-state index is -0.327. The minimum Gasteiger partial charge on any atom is -0.392 e. The molecule has 2 atom stereocenters. The van der Waals surface area contributed by atoms with Crippen LogP contribution in [0.15, 0.2) is 24.5 Å². The topological polar surface area (TPSA) is 59.1 Å². The van der Waals surface area contributed by atoms with Crippen molar-refractivity contribution in [2.45, 2.75) is 57.0 Å². The van der Waals surface area contributed by atoms with Gasteiger partial charge in [-0.2, -0.15) is 0 Å². The van der Waals surface area contributed by atoms with Gasteiger partial charge in [-0.1, -0.05) is 38.2 Å². The molecule has 0 bridgehead atoms. The van der Waals surface area contributed by atoms with Gasteiger partial charge in [-0.15, -0.1) is 0 Å². The highest BCUT2D eigenvalue weighted by atomic mass is 16.3. The summed E-state index contributed by atoms with van der Waals surface area (Å²) in [7, 11) is 0. The lowest BCUT2D eigenvalue weighted by atomic mass is 9.80. The molecule has 0 aliphatic heterocycles. The highest BCUT2D eigenvalue weighted by molar-refractivity contribution is 5.17. The molecule has 1 aliphatic rings. The molecule has 1 aromatic heterocycles. The zero-order valence-electron chi connectivity index (χ0n) is 11.7. The summed E-state index contributed by atoms with van der Waals surface area (Å²) in [6, 6.07) is 3.94. The van der Waals surface area contributed by atoms with Crippen LogP contribution >= 0.6 is 0 Å². The third kappa shape index (κ3) is 4.02. The molecule has 1 aliphatic carbocycles. The largest absolute Gasteiger partial charge is 0.392 e. The van der Waals surface area contributed by atoms with Crippen molar-refractivity contribution in [3.8, 4) is 0 Å². The number of aliphatic hydroxyl groups is 1. The Bertz CT molecular complexity index is 347. The van der Waals surface area contributed by atoms with Gasteiger partial charge in [-0.3, -0.25) is 4.98 Å². The van der Waals surface area contributed by atoms with Crippen LogP contribution in [0.3, 0.4) is 0 Å². The summed E-state index contributed by atoms with van der Waals surface area (Å²) in [5.41, 5.74) is 6.96. The molecule has 19 heavy (non-hydrogen) atoms. The van der Waals surface area contributed by atoms with Crippen molar-refractivity contribution in [3.63, 3.8) is 0 Å². The van der Waals surface area contributed by atoms with Gasteiger partial charge in [0.15, 0.2) is 0 Å². The number of aliphatic hydroxyl groups excluding tert-OH is 1. The third-order valence-corrected chi connectivity index (χ3v) is 4.41. The molecule has 1 saturated carbocycles. The lowest BCUT2D eigenvalue weighted by Gasteiger charge is -2.30. The van der Waals surface area contributed by atoms with E-state index in [1.165, 1.54) is 32.1 Å². The van der Waals surface area contributed by atoms with Crippen LogP contribution in [0.25, 0.3) is 0 Å². The van der Waals surface area contributed by atoms with Crippen molar-refractivity contribution in [1.29, 1.82) is 0 Å². The van der Waals surface area contributed by atoms with E-state index < -0.39 is 0 Å². The monoisotopic (exact) mass is 262 g/mol. The van der Waals surface area contributed by atoms with Crippen molar-refractivity contribution < 1.29 is 5.11 Å². The van der Waals surface area contributed by atoms with Crippen molar-refractivity contribution in [1.82, 2.24) is 4.98 Å². The molecule has 3 nitrogen and oxygen atoms in total. The van der Waals surface area contributed by atoms with Gasteiger partial charge in [0.25, 0.3) is 0 Å². The van der Waals surface area contributed by atoms with Gasteiger partial charge < -0.3 is 10.8 Å². The van der Waals surface area contributed by atoms with E-state index in [9.17, 15) is 5.11 Å². The summed E-state index contributed by atoms with van der Waals surface area (Å²) in [5, 5.41) is 10.7. The minimum absolute atomic E-state index is 0.0260. The molecule has 0 radical (unpaired) electrons. The maximum atomic E-state index is 10.7. The first-order valence-electron chi connectivity index (χ1n) is 7.61. The van der Waals surface area contributed by atoms with Crippen molar-refractivity contribution in [2.24, 2.45) is 11.7 Å². The van der Waals surface area contributed by atoms with E-state index in [-0.39, 0.29) is 12.0 Å². The van der Waals surface area contributed by atoms with Crippen LogP contribution in [0.5, 0.6) is 0 Å². The van der Waals surface area contributed by atoms with E-state index in [2.05, 4.69) is 4.98 Å². The van der Waals surface area contributed by atoms with Crippen LogP contribution in [0.1, 0.15) is 56.4 Å². The summed E-state index contributed by atoms with van der Waals surface area (Å²) >= 11 is 0. The van der Waals surface area contributed by atoms with Gasteiger partial charge in [0, 0.05) is 24.9 Å². The number of nitrogens with zero attached hydrogens (tertiary/aromatic N) is 1. The number of nitrogens with two attached hydrogens (primary N) is 1. The van der Waals surface area contributed by atoms with Crippen LogP contribution in [0.4, 0.5) is 0 Å². The van der Waals surface area contributed by atoms with E-state index >= 15 is 0 Å². The second-order valence-corrected chi connectivity index (χ2v) is 5.72. The second-order valence-electron chi connectivity index (χ2n) is 5.72. The average Bonchev–Trinajstić information content (AvgIpc) is 2.40. The van der Waals surface area contributed by atoms with Gasteiger partial charge in [-0.05, 0) is 30.4 Å². The normalized spacial score (nSPS) is 21.4. The molecule has 106 valence electrons. The predicted octanol–water partition coefficient (Wildman–Crippen LogP) is 2.85. The Balaban J connectivity index is 2.04. The Hall–Kier alpha value is -0.930. The first-order valence-corrected chi connectivity index (χ1v) is 7.61. The molecule has 0 amide bonds. The fraction of sp³-hybridized carbons (Fsp3) is 0.688. The number of hydrogen-bond donors (Lipinski definition) is 2. The zero-order chi connectivity index (χ0) is 13.5. The van der Waals surface area contributed by atoms with Crippen LogP contribution < -0.4 is 5.73 Å². The summed E-state index contributed by atoms with van der Waals surface area (Å²) in [6.45, 7) is 0.489. The maximum absolute atomic E-state index is 10.7. The van der Waals surface area contributed by atoms with Crippen LogP contribution in [0.2, 0.25) is 0 Å². The second kappa shape index (κ2) is 7.61. The van der Waals surface area contributed by atoms with Crippen LogP contribution in [0, 0.1) is 5.92 Å². The molecular formula is C16H26N2O. The Morgan fingerprint density at radius 1 is 1.21 bits per heavy atom. The molecule has 2 rings (SSSR count). The van der Waals surface area contributed by atoms with E-state index in [1.54, 1.807) is 6.20 Å². The van der Waals surface area contributed by atoms with Crippen LogP contribution in [-0.4, -0.2) is 22.7 Å². The van der Waals surface area contributed by atoms with Crippen LogP contribution in [-0.2, 0) is 0 Å². The molecule has 1 aromatic rings. The third-order valence-electron chi connectivity index (χ3n) is 4.41. The fourth-order valence-corrected chi connectivity index (χ4v) is 3.23. The maximum Gasteiger partial charge on any atom is 0.0649 e. The summed E-state index contributed by atoms with van der Waals surface area (Å²) < 4.78 is 0. The first-order chi connectivity index (χ1) is 9.33. The van der Waals surface area contributed by atoms with Crippen molar-refractivity contribution in [3.05, 3.63) is 30.1 Å². The Morgan fingerprint density at radius 2 is 1.89 bits per heavy atom. The van der Waals surface area contributed by atoms with Gasteiger partial charge in [0.2, 0.25) is 0 Å². The highest BCUT2D eigenvalue weighted by Crippen LogP contribution is 2.31. The van der Waals surface area contributed by atoms with Gasteiger partial charge in [0.05, 0.1) is 6.10 Å². The zero-order valence-corrected chi connectivity index (χ0v) is 11.7. The number of aromatic nitrogens is 1. The van der Waals surface area contributed by atoms with E-state index in [4.69, 9.17) is 5.73 Å². The van der Waals surface area contributed by atoms with Crippen molar-refractivity contribution >= 4 is 0 Å². The van der Waals surface area contributed by atoms with E-state index in [0.29, 0.717) is 12.5 Å². The lowest BCUT2D eigenvalue weighted by molar-refractivity contribution is 0.0679. The quantitative estimate of drug-likeness (QED) is 0.877. The molecule has 0 spiro atoms. The Kier molecular flexibility index (Phi) is 5.80. The molecule has 1 heterocycles. The molecule has 0 saturated heterocycles. The molecule has 3 heteroatoms. The van der Waals surface area contributed by atoms with E-state index in [1.807, 2.05) is 18.3 Å². The number of pyridine rings is 1. The molecule has 2 unspecified atom stereocenters. The van der Waals surface area contributed by atoms with Gasteiger partial charge in [0.1, 0.15) is 0 Å². The Labute approximate surface area is 116 Å². The van der Waals surface area contributed by atoms with E-state index in [0.717, 1.165) is 18.4 Å². The molecule has 1 fully saturated rings. The Morgan fingerprint density at radius 3 is 2.47 bits per heavy atom. The predicted molar refractivity (Wildman–Crippen MR) is 77.8 cm³/mol. The smallest absolute Gasteiger partial charge is 0.0649 e. The molecule has 0 aromatic carbocycles. The lowest BCUT2D eigenvalue weighted by Crippen LogP contribution is -2.33. The first kappa shape index (κ1) is 14.5. The summed E-state index contributed by atoms with van der Waals surface area (Å²) in [5.74, 6) is 0.423. The van der Waals surface area contributed by atoms with Gasteiger partial charge in [-0.25, -0.2) is 0 Å². The highest BCUT2D eigenvalue weighted by Gasteiger charge is 2.28. The molecule has 3 N–H and O–H groups in total. The standard InChI is InChI=1S/C16H26N2O/c17-11-15(14-9-6-10-18-12-14)16(19)13-7-4-2-1-3-5-8-13/h6,9-10,12-13,15-16,19H,1-5,7-8,11,17H2. The fourth-order valence-electron chi connectivity index (χ4n) is 3.23. The summed E-state index contributed by atoms with van der Waals surface area (Å²) in [6.07, 6.45) is 12.0. The average molecular weight is 262 g/mol. The SMILES string of the molecule is NCC(c1cccnc1)C(O)C1CCCCCCC1. The summed E-state index contributed by atoms with van der Waals surface area (Å²) in [4.78, 5) is 4.15. The number of rotatable bonds is 4. The molecular weight excluding hydrogens is 236 g/mol. The van der Waals surface area contributed by atoms with Gasteiger partial charge >= 0.3 is 0 Å². The number of hydrogen-bond acceptors (Lipinski definition) is 3.